The number of carbonyl (C=O) groups excluding carboxylic acids is 1. The molecule has 108 valence electrons. The van der Waals surface area contributed by atoms with E-state index in [1.54, 1.807) is 0 Å². The maximum absolute atomic E-state index is 12.9. The molecule has 2 aromatic rings. The third-order valence-electron chi connectivity index (χ3n) is 3.89. The molecule has 3 nitrogen and oxygen atoms in total. The molecule has 1 N–H and O–H groups in total. The quantitative estimate of drug-likeness (QED) is 0.866. The van der Waals surface area contributed by atoms with E-state index in [4.69, 9.17) is 0 Å². The van der Waals surface area contributed by atoms with Crippen molar-refractivity contribution < 1.29 is 9.90 Å². The van der Waals surface area contributed by atoms with Crippen molar-refractivity contribution in [1.82, 2.24) is 0 Å². The normalized spacial score (nSPS) is 18.0. The first-order valence-electron chi connectivity index (χ1n) is 7.11. The van der Waals surface area contributed by atoms with E-state index in [2.05, 4.69) is 19.6 Å². The van der Waals surface area contributed by atoms with E-state index in [1.807, 2.05) is 48.5 Å². The van der Waals surface area contributed by atoms with Crippen LogP contribution in [0.2, 0.25) is 19.6 Å². The Morgan fingerprint density at radius 1 is 1.00 bits per heavy atom. The number of amides is 1. The molecule has 4 heteroatoms. The van der Waals surface area contributed by atoms with Gasteiger partial charge in [0.25, 0.3) is 5.91 Å². The van der Waals surface area contributed by atoms with E-state index in [0.717, 1.165) is 16.4 Å². The minimum Gasteiger partial charge on any atom is -0.369 e. The number of benzene rings is 2. The number of fused-ring (bicyclic) bond motifs is 1. The highest BCUT2D eigenvalue weighted by molar-refractivity contribution is 6.89. The number of aliphatic hydroxyl groups excluding tert-OH is 1. The van der Waals surface area contributed by atoms with E-state index < -0.39 is 14.3 Å². The number of para-hydroxylation sites is 1. The maximum Gasteiger partial charge on any atom is 0.260 e. The van der Waals surface area contributed by atoms with Crippen LogP contribution in [-0.4, -0.2) is 19.1 Å². The number of hydrogen-bond acceptors (Lipinski definition) is 2. The summed E-state index contributed by atoms with van der Waals surface area (Å²) in [7, 11) is -1.65. The first-order chi connectivity index (χ1) is 9.91. The molecule has 21 heavy (non-hydrogen) atoms. The van der Waals surface area contributed by atoms with E-state index in [0.29, 0.717) is 5.56 Å². The summed E-state index contributed by atoms with van der Waals surface area (Å²) >= 11 is 0. The summed E-state index contributed by atoms with van der Waals surface area (Å²) in [5.41, 5.74) is 2.16. The number of aliphatic hydroxyl groups is 1. The van der Waals surface area contributed by atoms with Crippen LogP contribution in [0.3, 0.4) is 0 Å². The van der Waals surface area contributed by atoms with Crippen LogP contribution in [0.25, 0.3) is 0 Å². The molecular formula is C17H19NO2Si. The Morgan fingerprint density at radius 2 is 1.67 bits per heavy atom. The maximum atomic E-state index is 12.9. The summed E-state index contributed by atoms with van der Waals surface area (Å²) in [5, 5.41) is 11.7. The van der Waals surface area contributed by atoms with Gasteiger partial charge in [-0.25, -0.2) is 0 Å². The summed E-state index contributed by atoms with van der Waals surface area (Å²) in [6, 6.07) is 15.2. The lowest BCUT2D eigenvalue weighted by atomic mass is 10.1. The van der Waals surface area contributed by atoms with Crippen LogP contribution < -0.4 is 10.1 Å². The van der Waals surface area contributed by atoms with E-state index in [1.165, 1.54) is 4.90 Å². The van der Waals surface area contributed by atoms with Crippen LogP contribution in [0, 0.1) is 0 Å². The van der Waals surface area contributed by atoms with Crippen molar-refractivity contribution in [2.24, 2.45) is 0 Å². The van der Waals surface area contributed by atoms with Crippen molar-refractivity contribution >= 4 is 24.9 Å². The molecule has 0 spiro atoms. The van der Waals surface area contributed by atoms with Crippen molar-refractivity contribution in [2.75, 3.05) is 4.90 Å². The molecule has 1 heterocycles. The molecule has 0 saturated heterocycles. The number of carbonyl (C=O) groups is 1. The van der Waals surface area contributed by atoms with Gasteiger partial charge in [-0.3, -0.25) is 9.69 Å². The molecule has 0 fully saturated rings. The predicted molar refractivity (Wildman–Crippen MR) is 87.6 cm³/mol. The van der Waals surface area contributed by atoms with Gasteiger partial charge in [0.15, 0.2) is 6.23 Å². The van der Waals surface area contributed by atoms with Crippen LogP contribution in [0.1, 0.15) is 22.1 Å². The van der Waals surface area contributed by atoms with Gasteiger partial charge in [-0.1, -0.05) is 56.0 Å². The zero-order chi connectivity index (χ0) is 15.2. The molecule has 0 aliphatic carbocycles. The number of nitrogens with zero attached hydrogens (tertiary/aromatic N) is 1. The minimum absolute atomic E-state index is 0.0956. The lowest BCUT2D eigenvalue weighted by molar-refractivity contribution is 0.0936. The molecule has 2 aromatic carbocycles. The Morgan fingerprint density at radius 3 is 2.29 bits per heavy atom. The molecule has 1 aliphatic rings. The fourth-order valence-corrected chi connectivity index (χ4v) is 4.46. The van der Waals surface area contributed by atoms with Gasteiger partial charge in [0.2, 0.25) is 0 Å². The van der Waals surface area contributed by atoms with Crippen LogP contribution in [0.5, 0.6) is 0 Å². The lowest BCUT2D eigenvalue weighted by Crippen LogP contribution is -2.42. The second-order valence-corrected chi connectivity index (χ2v) is 11.4. The Labute approximate surface area is 125 Å². The summed E-state index contributed by atoms with van der Waals surface area (Å²) in [4.78, 5) is 14.3. The van der Waals surface area contributed by atoms with Crippen molar-refractivity contribution in [1.29, 1.82) is 0 Å². The Balaban J connectivity index is 2.16. The number of anilines is 1. The molecule has 0 bridgehead atoms. The molecule has 1 amide bonds. The minimum atomic E-state index is -1.65. The molecular weight excluding hydrogens is 278 g/mol. The van der Waals surface area contributed by atoms with E-state index in [9.17, 15) is 9.90 Å². The second kappa shape index (κ2) is 4.82. The van der Waals surface area contributed by atoms with Crippen LogP contribution in [0.4, 0.5) is 5.69 Å². The Kier molecular flexibility index (Phi) is 3.23. The van der Waals surface area contributed by atoms with Gasteiger partial charge in [0.1, 0.15) is 0 Å². The van der Waals surface area contributed by atoms with Crippen molar-refractivity contribution in [3.05, 3.63) is 59.7 Å². The van der Waals surface area contributed by atoms with Gasteiger partial charge in [-0.15, -0.1) is 0 Å². The van der Waals surface area contributed by atoms with Crippen molar-refractivity contribution in [3.8, 4) is 0 Å². The lowest BCUT2D eigenvalue weighted by Gasteiger charge is -2.21. The highest BCUT2D eigenvalue weighted by Gasteiger charge is 2.40. The van der Waals surface area contributed by atoms with Crippen LogP contribution in [0.15, 0.2) is 48.5 Å². The van der Waals surface area contributed by atoms with Crippen LogP contribution >= 0.6 is 0 Å². The highest BCUT2D eigenvalue weighted by Crippen LogP contribution is 2.35. The third-order valence-corrected chi connectivity index (χ3v) is 5.93. The fraction of sp³-hybridized carbons (Fsp3) is 0.235. The zero-order valence-electron chi connectivity index (χ0n) is 12.5. The summed E-state index contributed by atoms with van der Waals surface area (Å²) in [6.07, 6.45) is -0.897. The molecule has 1 atom stereocenters. The van der Waals surface area contributed by atoms with Crippen molar-refractivity contribution in [2.45, 2.75) is 25.9 Å². The topological polar surface area (TPSA) is 40.5 Å². The molecule has 1 aliphatic heterocycles. The third kappa shape index (κ3) is 2.20. The molecule has 0 saturated carbocycles. The zero-order valence-corrected chi connectivity index (χ0v) is 13.5. The highest BCUT2D eigenvalue weighted by atomic mass is 28.3. The van der Waals surface area contributed by atoms with Gasteiger partial charge < -0.3 is 5.11 Å². The van der Waals surface area contributed by atoms with Gasteiger partial charge in [-0.2, -0.15) is 0 Å². The number of hydrogen-bond donors (Lipinski definition) is 1. The number of rotatable bonds is 2. The molecule has 3 rings (SSSR count). The first kappa shape index (κ1) is 14.0. The predicted octanol–water partition coefficient (Wildman–Crippen LogP) is 2.88. The summed E-state index contributed by atoms with van der Waals surface area (Å²) in [6.45, 7) is 6.65. The average molecular weight is 297 g/mol. The smallest absolute Gasteiger partial charge is 0.260 e. The molecule has 1 unspecified atom stereocenters. The van der Waals surface area contributed by atoms with Gasteiger partial charge >= 0.3 is 0 Å². The Hall–Kier alpha value is -1.91. The van der Waals surface area contributed by atoms with Gasteiger partial charge in [-0.05, 0) is 17.3 Å². The van der Waals surface area contributed by atoms with Crippen molar-refractivity contribution in [3.63, 3.8) is 0 Å². The largest absolute Gasteiger partial charge is 0.369 e. The SMILES string of the molecule is C[Si](C)(C)c1cccc2c1C(=O)N(c1ccccc1)C2O. The molecule has 0 aromatic heterocycles. The monoisotopic (exact) mass is 297 g/mol. The Bertz CT molecular complexity index is 692. The van der Waals surface area contributed by atoms with Gasteiger partial charge in [0, 0.05) is 16.8 Å². The summed E-state index contributed by atoms with van der Waals surface area (Å²) in [5.74, 6) is -0.0956. The van der Waals surface area contributed by atoms with E-state index in [-0.39, 0.29) is 5.91 Å². The standard InChI is InChI=1S/C17H19NO2Si/c1-21(2,3)14-11-7-10-13-15(14)17(20)18(16(13)19)12-8-5-4-6-9-12/h4-11,16,19H,1-3H3. The fourth-order valence-electron chi connectivity index (χ4n) is 2.87. The summed E-state index contributed by atoms with van der Waals surface area (Å²) < 4.78 is 0. The van der Waals surface area contributed by atoms with E-state index >= 15 is 0 Å². The van der Waals surface area contributed by atoms with Gasteiger partial charge in [0.05, 0.1) is 8.07 Å². The first-order valence-corrected chi connectivity index (χ1v) is 10.6. The van der Waals surface area contributed by atoms with Crippen LogP contribution in [-0.2, 0) is 0 Å². The second-order valence-electron chi connectivity index (χ2n) is 6.40. The average Bonchev–Trinajstić information content (AvgIpc) is 2.71. The molecule has 0 radical (unpaired) electrons.